The maximum absolute atomic E-state index is 11.9. The molecule has 0 radical (unpaired) electrons. The highest BCUT2D eigenvalue weighted by Crippen LogP contribution is 2.28. The molecule has 2 aromatic rings. The number of nitro groups is 1. The Balaban J connectivity index is 2.01. The Kier molecular flexibility index (Phi) is 5.53. The number of rotatable bonds is 6. The molecule has 0 heterocycles. The first-order chi connectivity index (χ1) is 11.0. The van der Waals surface area contributed by atoms with Crippen molar-refractivity contribution < 1.29 is 14.5 Å². The van der Waals surface area contributed by atoms with Crippen LogP contribution in [0.25, 0.3) is 0 Å². The number of ether oxygens (including phenoxy) is 1. The van der Waals surface area contributed by atoms with E-state index in [1.165, 1.54) is 25.3 Å². The monoisotopic (exact) mass is 379 g/mol. The van der Waals surface area contributed by atoms with Crippen LogP contribution in [-0.2, 0) is 4.79 Å². The van der Waals surface area contributed by atoms with E-state index in [1.807, 2.05) is 12.1 Å². The Hall–Kier alpha value is -2.61. The topological polar surface area (TPSA) is 93.5 Å². The third-order valence-corrected chi connectivity index (χ3v) is 3.49. The average Bonchev–Trinajstić information content (AvgIpc) is 2.54. The van der Waals surface area contributed by atoms with Gasteiger partial charge in [-0.15, -0.1) is 0 Å². The molecule has 0 aliphatic carbocycles. The number of non-ortho nitro benzene ring substituents is 1. The Morgan fingerprint density at radius 3 is 2.57 bits per heavy atom. The zero-order chi connectivity index (χ0) is 16.8. The second-order valence-electron chi connectivity index (χ2n) is 4.55. The van der Waals surface area contributed by atoms with Gasteiger partial charge in [-0.2, -0.15) is 0 Å². The van der Waals surface area contributed by atoms with Crippen molar-refractivity contribution in [1.29, 1.82) is 0 Å². The van der Waals surface area contributed by atoms with Crippen molar-refractivity contribution in [3.63, 3.8) is 0 Å². The molecule has 0 saturated heterocycles. The van der Waals surface area contributed by atoms with Gasteiger partial charge in [0, 0.05) is 22.3 Å². The molecule has 0 atom stereocenters. The van der Waals surface area contributed by atoms with Crippen LogP contribution >= 0.6 is 15.9 Å². The number of benzene rings is 2. The lowest BCUT2D eigenvalue weighted by atomic mass is 10.2. The molecule has 7 nitrogen and oxygen atoms in total. The lowest BCUT2D eigenvalue weighted by Gasteiger charge is -2.11. The summed E-state index contributed by atoms with van der Waals surface area (Å²) in [5.41, 5.74) is 0.959. The molecule has 0 aromatic heterocycles. The van der Waals surface area contributed by atoms with Gasteiger partial charge in [-0.1, -0.05) is 15.9 Å². The van der Waals surface area contributed by atoms with Gasteiger partial charge in [0.1, 0.15) is 5.75 Å². The summed E-state index contributed by atoms with van der Waals surface area (Å²) in [7, 11) is 1.45. The summed E-state index contributed by atoms with van der Waals surface area (Å²) >= 11 is 3.31. The fourth-order valence-corrected chi connectivity index (χ4v) is 2.13. The molecule has 120 valence electrons. The van der Waals surface area contributed by atoms with Crippen molar-refractivity contribution in [2.75, 3.05) is 24.3 Å². The van der Waals surface area contributed by atoms with Crippen molar-refractivity contribution >= 4 is 38.9 Å². The Morgan fingerprint density at radius 1 is 1.26 bits per heavy atom. The minimum absolute atomic E-state index is 0.0480. The van der Waals surface area contributed by atoms with Crippen molar-refractivity contribution in [3.05, 3.63) is 57.1 Å². The molecule has 0 bridgehead atoms. The van der Waals surface area contributed by atoms with Gasteiger partial charge in [0.25, 0.3) is 5.69 Å². The molecule has 2 N–H and O–H groups in total. The van der Waals surface area contributed by atoms with Gasteiger partial charge in [0.05, 0.1) is 24.3 Å². The number of carbonyl (C=O) groups is 1. The van der Waals surface area contributed by atoms with Crippen molar-refractivity contribution in [2.45, 2.75) is 0 Å². The van der Waals surface area contributed by atoms with Gasteiger partial charge in [-0.25, -0.2) is 0 Å². The van der Waals surface area contributed by atoms with E-state index < -0.39 is 4.92 Å². The number of amides is 1. The molecular formula is C15H14BrN3O4. The van der Waals surface area contributed by atoms with Crippen LogP contribution in [0.5, 0.6) is 5.75 Å². The van der Waals surface area contributed by atoms with Crippen LogP contribution in [0.15, 0.2) is 46.9 Å². The van der Waals surface area contributed by atoms with Crippen LogP contribution in [0.1, 0.15) is 0 Å². The second-order valence-corrected chi connectivity index (χ2v) is 5.47. The van der Waals surface area contributed by atoms with E-state index in [1.54, 1.807) is 12.1 Å². The third kappa shape index (κ3) is 4.68. The zero-order valence-electron chi connectivity index (χ0n) is 12.2. The Labute approximate surface area is 140 Å². The Bertz CT molecular complexity index is 719. The molecule has 2 aromatic carbocycles. The first-order valence-electron chi connectivity index (χ1n) is 6.61. The van der Waals surface area contributed by atoms with Gasteiger partial charge in [0.15, 0.2) is 0 Å². The fraction of sp³-hybridized carbons (Fsp3) is 0.133. The van der Waals surface area contributed by atoms with Crippen molar-refractivity contribution in [2.24, 2.45) is 0 Å². The highest BCUT2D eigenvalue weighted by Gasteiger charge is 2.12. The molecule has 8 heteroatoms. The Morgan fingerprint density at radius 2 is 1.96 bits per heavy atom. The maximum Gasteiger partial charge on any atom is 0.271 e. The molecule has 1 amide bonds. The molecule has 0 aliphatic heterocycles. The normalized spacial score (nSPS) is 10.0. The first kappa shape index (κ1) is 16.8. The summed E-state index contributed by atoms with van der Waals surface area (Å²) in [6.07, 6.45) is 0. The smallest absolute Gasteiger partial charge is 0.271 e. The molecule has 0 aliphatic rings. The number of halogens is 1. The van der Waals surface area contributed by atoms with Crippen molar-refractivity contribution in [3.8, 4) is 5.75 Å². The minimum atomic E-state index is -0.507. The standard InChI is InChI=1S/C15H14BrN3O4/c1-23-14-7-6-12(19(21)22)8-13(14)17-9-15(20)18-11-4-2-10(16)3-5-11/h2-8,17H,9H2,1H3,(H,18,20). The molecular weight excluding hydrogens is 366 g/mol. The predicted molar refractivity (Wildman–Crippen MR) is 90.9 cm³/mol. The SMILES string of the molecule is COc1ccc([N+](=O)[O-])cc1NCC(=O)Nc1ccc(Br)cc1. The van der Waals surface area contributed by atoms with Gasteiger partial charge >= 0.3 is 0 Å². The van der Waals surface area contributed by atoms with Crippen LogP contribution in [0, 0.1) is 10.1 Å². The number of nitrogens with zero attached hydrogens (tertiary/aromatic N) is 1. The van der Waals surface area contributed by atoms with E-state index in [4.69, 9.17) is 4.74 Å². The maximum atomic E-state index is 11.9. The summed E-state index contributed by atoms with van der Waals surface area (Å²) in [6.45, 7) is -0.0480. The van der Waals surface area contributed by atoms with E-state index >= 15 is 0 Å². The summed E-state index contributed by atoms with van der Waals surface area (Å²) in [4.78, 5) is 22.2. The molecule has 0 spiro atoms. The molecule has 0 saturated carbocycles. The summed E-state index contributed by atoms with van der Waals surface area (Å²) in [5.74, 6) is 0.146. The summed E-state index contributed by atoms with van der Waals surface area (Å²) in [6, 6.07) is 11.3. The summed E-state index contributed by atoms with van der Waals surface area (Å²) < 4.78 is 6.03. The zero-order valence-corrected chi connectivity index (χ0v) is 13.8. The van der Waals surface area contributed by atoms with Gasteiger partial charge in [-0.05, 0) is 30.3 Å². The first-order valence-corrected chi connectivity index (χ1v) is 7.40. The van der Waals surface area contributed by atoms with Gasteiger partial charge < -0.3 is 15.4 Å². The van der Waals surface area contributed by atoms with Crippen LogP contribution < -0.4 is 15.4 Å². The van der Waals surface area contributed by atoms with Crippen LogP contribution in [0.2, 0.25) is 0 Å². The quantitative estimate of drug-likeness (QED) is 0.592. The van der Waals surface area contributed by atoms with Gasteiger partial charge in [-0.3, -0.25) is 14.9 Å². The van der Waals surface area contributed by atoms with Crippen LogP contribution in [0.4, 0.5) is 17.1 Å². The van der Waals surface area contributed by atoms with Crippen LogP contribution in [-0.4, -0.2) is 24.5 Å². The van der Waals surface area contributed by atoms with E-state index in [0.717, 1.165) is 4.47 Å². The molecule has 2 rings (SSSR count). The van der Waals surface area contributed by atoms with E-state index in [-0.39, 0.29) is 18.1 Å². The number of nitro benzene ring substituents is 1. The molecule has 23 heavy (non-hydrogen) atoms. The number of carbonyl (C=O) groups excluding carboxylic acids is 1. The number of hydrogen-bond donors (Lipinski definition) is 2. The third-order valence-electron chi connectivity index (χ3n) is 2.96. The number of hydrogen-bond acceptors (Lipinski definition) is 5. The van der Waals surface area contributed by atoms with E-state index in [0.29, 0.717) is 17.1 Å². The van der Waals surface area contributed by atoms with E-state index in [2.05, 4.69) is 26.6 Å². The average molecular weight is 380 g/mol. The minimum Gasteiger partial charge on any atom is -0.495 e. The fourth-order valence-electron chi connectivity index (χ4n) is 1.86. The lowest BCUT2D eigenvalue weighted by Crippen LogP contribution is -2.22. The lowest BCUT2D eigenvalue weighted by molar-refractivity contribution is -0.384. The second kappa shape index (κ2) is 7.59. The summed E-state index contributed by atoms with van der Waals surface area (Å²) in [5, 5.41) is 16.4. The van der Waals surface area contributed by atoms with E-state index in [9.17, 15) is 14.9 Å². The number of methoxy groups -OCH3 is 1. The number of nitrogens with one attached hydrogen (secondary N) is 2. The van der Waals surface area contributed by atoms with Crippen molar-refractivity contribution in [1.82, 2.24) is 0 Å². The highest BCUT2D eigenvalue weighted by molar-refractivity contribution is 9.10. The molecule has 0 unspecified atom stereocenters. The molecule has 0 fully saturated rings. The van der Waals surface area contributed by atoms with Gasteiger partial charge in [0.2, 0.25) is 5.91 Å². The number of anilines is 2. The highest BCUT2D eigenvalue weighted by atomic mass is 79.9. The van der Waals surface area contributed by atoms with Crippen LogP contribution in [0.3, 0.4) is 0 Å². The predicted octanol–water partition coefficient (Wildman–Crippen LogP) is 3.42. The largest absolute Gasteiger partial charge is 0.495 e.